The molecule has 1 atom stereocenters. The summed E-state index contributed by atoms with van der Waals surface area (Å²) >= 11 is 0. The van der Waals surface area contributed by atoms with Gasteiger partial charge in [0.2, 0.25) is 0 Å². The molecule has 1 aliphatic rings. The monoisotopic (exact) mass is 368 g/mol. The van der Waals surface area contributed by atoms with Crippen LogP contribution in [0.3, 0.4) is 0 Å². The average Bonchev–Trinajstić information content (AvgIpc) is 2.69. The molecule has 0 spiro atoms. The lowest BCUT2D eigenvalue weighted by Gasteiger charge is -2.31. The molecule has 5 heteroatoms. The Morgan fingerprint density at radius 3 is 2.37 bits per heavy atom. The summed E-state index contributed by atoms with van der Waals surface area (Å²) < 4.78 is 11.1. The first-order chi connectivity index (χ1) is 13.1. The van der Waals surface area contributed by atoms with Gasteiger partial charge in [-0.15, -0.1) is 0 Å². The van der Waals surface area contributed by atoms with Gasteiger partial charge in [-0.25, -0.2) is 0 Å². The molecule has 0 saturated carbocycles. The van der Waals surface area contributed by atoms with Crippen LogP contribution in [0.2, 0.25) is 0 Å². The average molecular weight is 368 g/mol. The molecule has 0 aliphatic carbocycles. The van der Waals surface area contributed by atoms with E-state index in [9.17, 15) is 4.79 Å². The van der Waals surface area contributed by atoms with E-state index in [0.717, 1.165) is 44.2 Å². The maximum Gasteiger partial charge on any atom is 0.251 e. The minimum atomic E-state index is -0.0757. The largest absolute Gasteiger partial charge is 0.491 e. The van der Waals surface area contributed by atoms with E-state index in [1.54, 1.807) is 0 Å². The highest BCUT2D eigenvalue weighted by Crippen LogP contribution is 2.18. The van der Waals surface area contributed by atoms with Crippen molar-refractivity contribution in [2.24, 2.45) is 0 Å². The highest BCUT2D eigenvalue weighted by molar-refractivity contribution is 5.94. The van der Waals surface area contributed by atoms with Gasteiger partial charge >= 0.3 is 0 Å². The van der Waals surface area contributed by atoms with Crippen molar-refractivity contribution in [1.29, 1.82) is 0 Å². The molecule has 1 aliphatic heterocycles. The second-order valence-electron chi connectivity index (χ2n) is 7.04. The molecule has 0 aromatic heterocycles. The van der Waals surface area contributed by atoms with Crippen LogP contribution >= 0.6 is 0 Å². The van der Waals surface area contributed by atoms with E-state index in [0.29, 0.717) is 5.56 Å². The van der Waals surface area contributed by atoms with Crippen LogP contribution in [0.1, 0.15) is 35.8 Å². The van der Waals surface area contributed by atoms with Gasteiger partial charge < -0.3 is 14.8 Å². The molecular weight excluding hydrogens is 340 g/mol. The molecule has 5 nitrogen and oxygen atoms in total. The lowest BCUT2D eigenvalue weighted by Crippen LogP contribution is -2.43. The number of carbonyl (C=O) groups excluding carboxylic acids is 1. The molecule has 0 bridgehead atoms. The first-order valence-corrected chi connectivity index (χ1v) is 9.54. The molecule has 1 N–H and O–H groups in total. The van der Waals surface area contributed by atoms with Crippen LogP contribution in [0.15, 0.2) is 54.6 Å². The summed E-state index contributed by atoms with van der Waals surface area (Å²) in [5, 5.41) is 3.19. The Hall–Kier alpha value is -2.37. The van der Waals surface area contributed by atoms with Crippen molar-refractivity contribution in [1.82, 2.24) is 10.2 Å². The van der Waals surface area contributed by atoms with Gasteiger partial charge in [-0.1, -0.05) is 30.3 Å². The molecular formula is C22H28N2O3. The normalized spacial score (nSPS) is 16.1. The summed E-state index contributed by atoms with van der Waals surface area (Å²) in [4.78, 5) is 15.1. The third-order valence-corrected chi connectivity index (χ3v) is 4.54. The SMILES string of the molecule is CC(C)Oc1ccc(C(=O)N[C@H](CN2CCOCC2)c2ccccc2)cc1. The molecule has 27 heavy (non-hydrogen) atoms. The van der Waals surface area contributed by atoms with Gasteiger partial charge in [-0.05, 0) is 43.7 Å². The fourth-order valence-electron chi connectivity index (χ4n) is 3.16. The van der Waals surface area contributed by atoms with Gasteiger partial charge in [-0.3, -0.25) is 9.69 Å². The Bertz CT molecular complexity index is 710. The highest BCUT2D eigenvalue weighted by atomic mass is 16.5. The minimum Gasteiger partial charge on any atom is -0.491 e. The molecule has 2 aromatic carbocycles. The predicted molar refractivity (Wildman–Crippen MR) is 106 cm³/mol. The lowest BCUT2D eigenvalue weighted by atomic mass is 10.1. The number of benzene rings is 2. The number of hydrogen-bond acceptors (Lipinski definition) is 4. The van der Waals surface area contributed by atoms with Gasteiger partial charge in [0.15, 0.2) is 0 Å². The third kappa shape index (κ3) is 5.81. The number of ether oxygens (including phenoxy) is 2. The van der Waals surface area contributed by atoms with Crippen LogP contribution in [0.25, 0.3) is 0 Å². The van der Waals surface area contributed by atoms with E-state index in [-0.39, 0.29) is 18.1 Å². The zero-order valence-corrected chi connectivity index (χ0v) is 16.1. The summed E-state index contributed by atoms with van der Waals surface area (Å²) in [5.41, 5.74) is 1.74. The van der Waals surface area contributed by atoms with Crippen molar-refractivity contribution in [3.63, 3.8) is 0 Å². The topological polar surface area (TPSA) is 50.8 Å². The van der Waals surface area contributed by atoms with Crippen molar-refractivity contribution in [2.45, 2.75) is 26.0 Å². The number of nitrogens with one attached hydrogen (secondary N) is 1. The fraction of sp³-hybridized carbons (Fsp3) is 0.409. The van der Waals surface area contributed by atoms with E-state index in [1.165, 1.54) is 0 Å². The Kier molecular flexibility index (Phi) is 6.85. The Labute approximate surface area is 161 Å². The highest BCUT2D eigenvalue weighted by Gasteiger charge is 2.20. The van der Waals surface area contributed by atoms with Crippen LogP contribution in [0.4, 0.5) is 0 Å². The molecule has 1 fully saturated rings. The van der Waals surface area contributed by atoms with Crippen LogP contribution in [-0.2, 0) is 4.74 Å². The Morgan fingerprint density at radius 1 is 1.07 bits per heavy atom. The number of hydrogen-bond donors (Lipinski definition) is 1. The van der Waals surface area contributed by atoms with E-state index in [1.807, 2.05) is 56.3 Å². The molecule has 1 saturated heterocycles. The first-order valence-electron chi connectivity index (χ1n) is 9.54. The van der Waals surface area contributed by atoms with Crippen LogP contribution in [-0.4, -0.2) is 49.8 Å². The minimum absolute atomic E-state index is 0.0663. The Balaban J connectivity index is 1.69. The zero-order valence-electron chi connectivity index (χ0n) is 16.1. The number of amides is 1. The second kappa shape index (κ2) is 9.53. The van der Waals surface area contributed by atoms with Gasteiger partial charge in [-0.2, -0.15) is 0 Å². The zero-order chi connectivity index (χ0) is 19.1. The summed E-state index contributed by atoms with van der Waals surface area (Å²) in [5.74, 6) is 0.697. The summed E-state index contributed by atoms with van der Waals surface area (Å²) in [7, 11) is 0. The van der Waals surface area contributed by atoms with Crippen LogP contribution < -0.4 is 10.1 Å². The van der Waals surface area contributed by atoms with Crippen molar-refractivity contribution in [3.8, 4) is 5.75 Å². The fourth-order valence-corrected chi connectivity index (χ4v) is 3.16. The van der Waals surface area contributed by atoms with Gasteiger partial charge in [0.05, 0.1) is 25.4 Å². The number of carbonyl (C=O) groups is 1. The smallest absolute Gasteiger partial charge is 0.251 e. The molecule has 1 amide bonds. The number of nitrogens with zero attached hydrogens (tertiary/aromatic N) is 1. The summed E-state index contributed by atoms with van der Waals surface area (Å²) in [6.45, 7) is 8.00. The van der Waals surface area contributed by atoms with Crippen molar-refractivity contribution in [2.75, 3.05) is 32.8 Å². The van der Waals surface area contributed by atoms with Gasteiger partial charge in [0.25, 0.3) is 5.91 Å². The van der Waals surface area contributed by atoms with Crippen LogP contribution in [0.5, 0.6) is 5.75 Å². The molecule has 0 radical (unpaired) electrons. The van der Waals surface area contributed by atoms with Gasteiger partial charge in [0, 0.05) is 25.2 Å². The quantitative estimate of drug-likeness (QED) is 0.815. The van der Waals surface area contributed by atoms with E-state index >= 15 is 0 Å². The van der Waals surface area contributed by atoms with Crippen molar-refractivity contribution >= 4 is 5.91 Å². The molecule has 144 valence electrons. The molecule has 3 rings (SSSR count). The maximum atomic E-state index is 12.8. The second-order valence-corrected chi connectivity index (χ2v) is 7.04. The van der Waals surface area contributed by atoms with E-state index < -0.39 is 0 Å². The van der Waals surface area contributed by atoms with E-state index in [4.69, 9.17) is 9.47 Å². The predicted octanol–water partition coefficient (Wildman–Crippen LogP) is 3.28. The molecule has 2 aromatic rings. The number of morpholine rings is 1. The van der Waals surface area contributed by atoms with Crippen LogP contribution in [0, 0.1) is 0 Å². The molecule has 0 unspecified atom stereocenters. The third-order valence-electron chi connectivity index (χ3n) is 4.54. The van der Waals surface area contributed by atoms with Gasteiger partial charge in [0.1, 0.15) is 5.75 Å². The lowest BCUT2D eigenvalue weighted by molar-refractivity contribution is 0.0332. The number of rotatable bonds is 7. The van der Waals surface area contributed by atoms with Crippen molar-refractivity contribution in [3.05, 3.63) is 65.7 Å². The maximum absolute atomic E-state index is 12.8. The molecule has 1 heterocycles. The standard InChI is InChI=1S/C22H28N2O3/c1-17(2)27-20-10-8-19(9-11-20)22(25)23-21(18-6-4-3-5-7-18)16-24-12-14-26-15-13-24/h3-11,17,21H,12-16H2,1-2H3,(H,23,25)/t21-/m1/s1. The summed E-state index contributed by atoms with van der Waals surface area (Å²) in [6.07, 6.45) is 0.112. The summed E-state index contributed by atoms with van der Waals surface area (Å²) in [6, 6.07) is 17.4. The Morgan fingerprint density at radius 2 is 1.74 bits per heavy atom. The van der Waals surface area contributed by atoms with E-state index in [2.05, 4.69) is 22.3 Å². The first kappa shape index (κ1) is 19.4. The van der Waals surface area contributed by atoms with Crippen molar-refractivity contribution < 1.29 is 14.3 Å².